The van der Waals surface area contributed by atoms with E-state index in [0.29, 0.717) is 5.75 Å². The third-order valence-corrected chi connectivity index (χ3v) is 5.52. The van der Waals surface area contributed by atoms with E-state index < -0.39 is 15.9 Å². The van der Waals surface area contributed by atoms with E-state index in [1.54, 1.807) is 34.0 Å². The van der Waals surface area contributed by atoms with Crippen molar-refractivity contribution >= 4 is 34.5 Å². The third kappa shape index (κ3) is 9.26. The molecule has 146 valence electrons. The van der Waals surface area contributed by atoms with Gasteiger partial charge in [-0.05, 0) is 20.1 Å². The van der Waals surface area contributed by atoms with Crippen molar-refractivity contribution in [2.45, 2.75) is 33.1 Å². The van der Waals surface area contributed by atoms with E-state index in [1.165, 1.54) is 17.4 Å². The van der Waals surface area contributed by atoms with Crippen LogP contribution in [0.3, 0.4) is 0 Å². The fourth-order valence-electron chi connectivity index (χ4n) is 1.41. The first-order valence-corrected chi connectivity index (χ1v) is 9.53. The van der Waals surface area contributed by atoms with Crippen molar-refractivity contribution in [1.82, 2.24) is 11.0 Å². The fraction of sp³-hybridized carbons (Fsp3) is 0.846. The summed E-state index contributed by atoms with van der Waals surface area (Å²) in [6, 6.07) is 0. The fourth-order valence-corrected chi connectivity index (χ4v) is 3.22. The minimum atomic E-state index is -1.02. The minimum Gasteiger partial charge on any atom is -0.343 e. The van der Waals surface area contributed by atoms with Crippen molar-refractivity contribution in [2.75, 3.05) is 25.2 Å². The van der Waals surface area contributed by atoms with Gasteiger partial charge in [0.05, 0.1) is 22.8 Å². The zero-order valence-corrected chi connectivity index (χ0v) is 16.5. The standard InChI is InChI=1S/C13H25N3O7S2/c1-12(2,7-22-15-19)10(17)14-9(24-5)6-25-11(18)13(3,4)8-23-16(20)21/h9,15,19H,6-8H2,1-5H3,(H,14,17). The molecule has 0 heterocycles. The molecule has 0 aromatic carbocycles. The lowest BCUT2D eigenvalue weighted by atomic mass is 9.94. The van der Waals surface area contributed by atoms with Gasteiger partial charge in [-0.1, -0.05) is 31.3 Å². The first-order valence-electron chi connectivity index (χ1n) is 7.25. The quantitative estimate of drug-likeness (QED) is 0.249. The Labute approximate surface area is 154 Å². The summed E-state index contributed by atoms with van der Waals surface area (Å²) in [5.41, 5.74) is -0.386. The number of hydrogen-bond donors (Lipinski definition) is 3. The molecule has 0 saturated carbocycles. The lowest BCUT2D eigenvalue weighted by molar-refractivity contribution is -0.760. The number of carbonyl (C=O) groups is 2. The van der Waals surface area contributed by atoms with Crippen LogP contribution >= 0.6 is 23.5 Å². The second-order valence-electron chi connectivity index (χ2n) is 6.44. The van der Waals surface area contributed by atoms with E-state index in [9.17, 15) is 19.7 Å². The molecular formula is C13H25N3O7S2. The van der Waals surface area contributed by atoms with E-state index in [-0.39, 0.29) is 29.6 Å². The lowest BCUT2D eigenvalue weighted by Gasteiger charge is -2.26. The van der Waals surface area contributed by atoms with Crippen molar-refractivity contribution in [2.24, 2.45) is 10.8 Å². The smallest absolute Gasteiger partial charge is 0.294 e. The Bertz CT molecular complexity index is 475. The molecule has 25 heavy (non-hydrogen) atoms. The molecule has 1 atom stereocenters. The molecule has 1 amide bonds. The topological polar surface area (TPSA) is 140 Å². The largest absolute Gasteiger partial charge is 0.343 e. The first kappa shape index (κ1) is 23.9. The minimum absolute atomic E-state index is 0.0478. The first-order chi connectivity index (χ1) is 11.5. The number of amides is 1. The van der Waals surface area contributed by atoms with Gasteiger partial charge in [0.25, 0.3) is 5.09 Å². The Hall–Kier alpha value is -1.08. The molecule has 0 spiro atoms. The number of thioether (sulfide) groups is 2. The molecule has 0 radical (unpaired) electrons. The predicted molar refractivity (Wildman–Crippen MR) is 94.3 cm³/mol. The van der Waals surface area contributed by atoms with Crippen molar-refractivity contribution in [1.29, 1.82) is 0 Å². The molecular weight excluding hydrogens is 374 g/mol. The predicted octanol–water partition coefficient (Wildman–Crippen LogP) is 1.22. The van der Waals surface area contributed by atoms with E-state index in [2.05, 4.69) is 15.0 Å². The molecule has 0 aliphatic carbocycles. The van der Waals surface area contributed by atoms with Gasteiger partial charge in [0.15, 0.2) is 5.12 Å². The van der Waals surface area contributed by atoms with Gasteiger partial charge in [0, 0.05) is 5.75 Å². The highest BCUT2D eigenvalue weighted by Crippen LogP contribution is 2.26. The Balaban J connectivity index is 4.56. The van der Waals surface area contributed by atoms with Crippen LogP contribution in [0.15, 0.2) is 0 Å². The SMILES string of the molecule is CSC(CSC(=O)C(C)(C)CO[N+](=O)[O-])NC(=O)C(C)(C)CONO. The van der Waals surface area contributed by atoms with Crippen molar-refractivity contribution in [3.8, 4) is 0 Å². The molecule has 0 aliphatic heterocycles. The normalized spacial score (nSPS) is 13.2. The van der Waals surface area contributed by atoms with E-state index in [0.717, 1.165) is 11.8 Å². The van der Waals surface area contributed by atoms with E-state index in [4.69, 9.17) is 5.21 Å². The van der Waals surface area contributed by atoms with Crippen LogP contribution in [0.1, 0.15) is 27.7 Å². The van der Waals surface area contributed by atoms with Gasteiger partial charge in [0.1, 0.15) is 6.61 Å². The summed E-state index contributed by atoms with van der Waals surface area (Å²) in [5.74, 6) is -0.00545. The van der Waals surface area contributed by atoms with Crippen LogP contribution in [0.2, 0.25) is 0 Å². The van der Waals surface area contributed by atoms with Crippen LogP contribution in [0, 0.1) is 20.9 Å². The molecule has 1 unspecified atom stereocenters. The summed E-state index contributed by atoms with van der Waals surface area (Å²) in [5, 5.41) is 19.9. The summed E-state index contributed by atoms with van der Waals surface area (Å²) in [6.07, 6.45) is 1.79. The van der Waals surface area contributed by atoms with Gasteiger partial charge >= 0.3 is 0 Å². The highest BCUT2D eigenvalue weighted by molar-refractivity contribution is 8.14. The highest BCUT2D eigenvalue weighted by atomic mass is 32.2. The van der Waals surface area contributed by atoms with Gasteiger partial charge in [-0.2, -0.15) is 0 Å². The summed E-state index contributed by atoms with van der Waals surface area (Å²) in [6.45, 7) is 6.02. The summed E-state index contributed by atoms with van der Waals surface area (Å²) >= 11 is 2.34. The van der Waals surface area contributed by atoms with Crippen LogP contribution < -0.4 is 11.0 Å². The Kier molecular flexibility index (Phi) is 10.3. The van der Waals surface area contributed by atoms with Gasteiger partial charge in [-0.3, -0.25) is 19.6 Å². The number of rotatable bonds is 12. The Morgan fingerprint density at radius 3 is 2.32 bits per heavy atom. The van der Waals surface area contributed by atoms with Crippen LogP contribution in [0.4, 0.5) is 0 Å². The zero-order chi connectivity index (χ0) is 19.7. The second-order valence-corrected chi connectivity index (χ2v) is 8.47. The molecule has 0 rings (SSSR count). The van der Waals surface area contributed by atoms with E-state index >= 15 is 0 Å². The molecule has 0 saturated heterocycles. The summed E-state index contributed by atoms with van der Waals surface area (Å²) < 4.78 is 0. The summed E-state index contributed by atoms with van der Waals surface area (Å²) in [4.78, 5) is 43.6. The average Bonchev–Trinajstić information content (AvgIpc) is 2.54. The van der Waals surface area contributed by atoms with Gasteiger partial charge in [-0.25, -0.2) is 0 Å². The van der Waals surface area contributed by atoms with Gasteiger partial charge in [-0.15, -0.1) is 21.9 Å². The molecule has 12 heteroatoms. The average molecular weight is 399 g/mol. The molecule has 3 N–H and O–H groups in total. The highest BCUT2D eigenvalue weighted by Gasteiger charge is 2.32. The van der Waals surface area contributed by atoms with Gasteiger partial charge in [0.2, 0.25) is 5.91 Å². The lowest BCUT2D eigenvalue weighted by Crippen LogP contribution is -2.45. The Morgan fingerprint density at radius 1 is 1.24 bits per heavy atom. The van der Waals surface area contributed by atoms with Crippen LogP contribution in [-0.2, 0) is 19.3 Å². The maximum absolute atomic E-state index is 12.3. The van der Waals surface area contributed by atoms with E-state index in [1.807, 2.05) is 0 Å². The molecule has 0 aliphatic rings. The number of nitrogens with zero attached hydrogens (tertiary/aromatic N) is 1. The number of carbonyl (C=O) groups excluding carboxylic acids is 2. The van der Waals surface area contributed by atoms with Crippen molar-refractivity contribution in [3.05, 3.63) is 10.1 Å². The van der Waals surface area contributed by atoms with Crippen LogP contribution in [0.5, 0.6) is 0 Å². The third-order valence-electron chi connectivity index (χ3n) is 3.14. The van der Waals surface area contributed by atoms with Crippen molar-refractivity contribution < 1.29 is 29.6 Å². The zero-order valence-electron chi connectivity index (χ0n) is 14.9. The molecule has 10 nitrogen and oxygen atoms in total. The molecule has 0 aromatic rings. The monoisotopic (exact) mass is 399 g/mol. The maximum Gasteiger partial charge on any atom is 0.294 e. The van der Waals surface area contributed by atoms with Crippen LogP contribution in [-0.4, -0.2) is 51.9 Å². The van der Waals surface area contributed by atoms with Crippen molar-refractivity contribution in [3.63, 3.8) is 0 Å². The summed E-state index contributed by atoms with van der Waals surface area (Å²) in [7, 11) is 0. The number of hydrogen-bond acceptors (Lipinski definition) is 10. The van der Waals surface area contributed by atoms with Gasteiger partial charge < -0.3 is 10.2 Å². The number of nitrogens with one attached hydrogen (secondary N) is 2. The van der Waals surface area contributed by atoms with Crippen LogP contribution in [0.25, 0.3) is 0 Å². The molecule has 0 aromatic heterocycles. The molecule has 0 fully saturated rings. The Morgan fingerprint density at radius 2 is 1.84 bits per heavy atom. The second kappa shape index (κ2) is 10.8. The molecule has 0 bridgehead atoms. The maximum atomic E-state index is 12.3.